The predicted octanol–water partition coefficient (Wildman–Crippen LogP) is 3.63. The lowest BCUT2D eigenvalue weighted by atomic mass is 10.1. The lowest BCUT2D eigenvalue weighted by Gasteiger charge is -2.03. The molecule has 0 aliphatic heterocycles. The molecule has 3 nitrogen and oxygen atoms in total. The molecule has 0 fully saturated rings. The summed E-state index contributed by atoms with van der Waals surface area (Å²) in [5, 5.41) is 12.6. The van der Waals surface area contributed by atoms with Crippen LogP contribution in [0.3, 0.4) is 0 Å². The largest absolute Gasteiger partial charge is 0.390 e. The Morgan fingerprint density at radius 3 is 2.75 bits per heavy atom. The van der Waals surface area contributed by atoms with Gasteiger partial charge in [0.15, 0.2) is 0 Å². The minimum absolute atomic E-state index is 0.354. The number of hydrogen-bond acceptors (Lipinski definition) is 3. The Morgan fingerprint density at radius 1 is 1.15 bits per heavy atom. The maximum Gasteiger partial charge on any atom is 0.142 e. The maximum atomic E-state index is 8.79. The van der Waals surface area contributed by atoms with Crippen LogP contribution in [0.15, 0.2) is 60.3 Å². The van der Waals surface area contributed by atoms with Crippen LogP contribution >= 0.6 is 0 Å². The summed E-state index contributed by atoms with van der Waals surface area (Å²) < 4.78 is 0. The van der Waals surface area contributed by atoms with E-state index in [4.69, 9.17) is 10.1 Å². The van der Waals surface area contributed by atoms with E-state index in [1.165, 1.54) is 0 Å². The number of nitriles is 1. The quantitative estimate of drug-likeness (QED) is 0.609. The molecule has 2 aromatic carbocycles. The van der Waals surface area contributed by atoms with Crippen LogP contribution in [0.4, 0.5) is 0 Å². The van der Waals surface area contributed by atoms with E-state index in [0.29, 0.717) is 17.7 Å². The maximum absolute atomic E-state index is 8.79. The summed E-state index contributed by atoms with van der Waals surface area (Å²) in [6.45, 7) is 4.11. The number of nitrogens with zero attached hydrogens (tertiary/aromatic N) is 2. The summed E-state index contributed by atoms with van der Waals surface area (Å²) in [6.07, 6.45) is 4.53. The topological polar surface area (TPSA) is 45.4 Å². The van der Waals surface area contributed by atoms with Gasteiger partial charge in [0.1, 0.15) is 12.8 Å². The zero-order valence-electron chi connectivity index (χ0n) is 10.9. The molecule has 0 aromatic heterocycles. The Kier molecular flexibility index (Phi) is 4.69. The van der Waals surface area contributed by atoms with Gasteiger partial charge in [-0.25, -0.2) is 0 Å². The first-order valence-electron chi connectivity index (χ1n) is 6.12. The van der Waals surface area contributed by atoms with Crippen molar-refractivity contribution in [3.63, 3.8) is 0 Å². The zero-order valence-corrected chi connectivity index (χ0v) is 10.9. The minimum Gasteiger partial charge on any atom is -0.390 e. The molecule has 20 heavy (non-hydrogen) atoms. The first kappa shape index (κ1) is 13.6. The van der Waals surface area contributed by atoms with Crippen LogP contribution in [0, 0.1) is 11.3 Å². The molecule has 0 unspecified atom stereocenters. The molecule has 0 amide bonds. The van der Waals surface area contributed by atoms with Crippen molar-refractivity contribution >= 4 is 12.3 Å². The molecule has 0 atom stereocenters. The monoisotopic (exact) mass is 261 g/mol. The highest BCUT2D eigenvalue weighted by atomic mass is 16.6. The number of benzene rings is 2. The molecule has 2 aromatic rings. The van der Waals surface area contributed by atoms with Crippen molar-refractivity contribution in [1.29, 1.82) is 5.26 Å². The Hall–Kier alpha value is -2.86. The molecule has 0 spiro atoms. The highest BCUT2D eigenvalue weighted by Crippen LogP contribution is 2.11. The van der Waals surface area contributed by atoms with Gasteiger partial charge in [0.2, 0.25) is 0 Å². The van der Waals surface area contributed by atoms with Crippen molar-refractivity contribution in [3.8, 4) is 6.07 Å². The highest BCUT2D eigenvalue weighted by molar-refractivity contribution is 5.79. The summed E-state index contributed by atoms with van der Waals surface area (Å²) >= 11 is 0. The van der Waals surface area contributed by atoms with E-state index >= 15 is 0 Å². The second-order valence-corrected chi connectivity index (χ2v) is 4.07. The lowest BCUT2D eigenvalue weighted by molar-refractivity contribution is 0.132. The molecule has 97 valence electrons. The van der Waals surface area contributed by atoms with Gasteiger partial charge in [-0.15, -0.1) is 0 Å². The molecule has 3 heteroatoms. The Morgan fingerprint density at radius 2 is 1.95 bits per heavy atom. The van der Waals surface area contributed by atoms with Crippen molar-refractivity contribution in [1.82, 2.24) is 0 Å². The van der Waals surface area contributed by atoms with Gasteiger partial charge in [-0.05, 0) is 23.3 Å². The van der Waals surface area contributed by atoms with E-state index in [9.17, 15) is 0 Å². The van der Waals surface area contributed by atoms with Gasteiger partial charge < -0.3 is 4.84 Å². The summed E-state index contributed by atoms with van der Waals surface area (Å²) in [5.74, 6) is 0. The van der Waals surface area contributed by atoms with E-state index in [2.05, 4.69) is 24.0 Å². The molecule has 0 saturated carbocycles. The van der Waals surface area contributed by atoms with Gasteiger partial charge in [-0.2, -0.15) is 5.26 Å². The fourth-order valence-electron chi connectivity index (χ4n) is 1.71. The van der Waals surface area contributed by atoms with Crippen LogP contribution in [0.25, 0.3) is 6.08 Å². The van der Waals surface area contributed by atoms with Crippen molar-refractivity contribution in [2.24, 2.45) is 5.16 Å². The van der Waals surface area contributed by atoms with Gasteiger partial charge >= 0.3 is 0 Å². The van der Waals surface area contributed by atoms with Gasteiger partial charge in [0.25, 0.3) is 0 Å². The number of hydrogen-bond donors (Lipinski definition) is 0. The highest BCUT2D eigenvalue weighted by Gasteiger charge is 1.98. The van der Waals surface area contributed by atoms with E-state index < -0.39 is 0 Å². The molecule has 0 bridgehead atoms. The minimum atomic E-state index is 0.354. The molecule has 0 N–H and O–H groups in total. The van der Waals surface area contributed by atoms with Crippen molar-refractivity contribution in [2.75, 3.05) is 0 Å². The fourth-order valence-corrected chi connectivity index (χ4v) is 1.71. The number of rotatable bonds is 5. The summed E-state index contributed by atoms with van der Waals surface area (Å²) in [6, 6.07) is 16.9. The van der Waals surface area contributed by atoms with Gasteiger partial charge in [0.05, 0.1) is 11.6 Å². The molecule has 0 heterocycles. The average molecular weight is 261 g/mol. The smallest absolute Gasteiger partial charge is 0.142 e. The van der Waals surface area contributed by atoms with Crippen LogP contribution in [-0.2, 0) is 11.4 Å². The van der Waals surface area contributed by atoms with Crippen LogP contribution in [0.2, 0.25) is 0 Å². The fraction of sp³-hybridized carbons (Fsp3) is 0.0588. The van der Waals surface area contributed by atoms with Crippen LogP contribution in [0.5, 0.6) is 0 Å². The SMILES string of the molecule is C=Cc1ccccc1CO/N=[C]\c1cccc(C#N)c1. The molecule has 1 radical (unpaired) electrons. The van der Waals surface area contributed by atoms with Gasteiger partial charge in [-0.3, -0.25) is 0 Å². The lowest BCUT2D eigenvalue weighted by Crippen LogP contribution is -1.91. The average Bonchev–Trinajstić information content (AvgIpc) is 2.52. The third kappa shape index (κ3) is 3.56. The van der Waals surface area contributed by atoms with Crippen LogP contribution < -0.4 is 0 Å². The first-order valence-corrected chi connectivity index (χ1v) is 6.12. The normalized spacial score (nSPS) is 10.2. The zero-order chi connectivity index (χ0) is 14.2. The molecule has 0 aliphatic carbocycles. The predicted molar refractivity (Wildman–Crippen MR) is 79.0 cm³/mol. The second kappa shape index (κ2) is 6.91. The van der Waals surface area contributed by atoms with E-state index in [-0.39, 0.29) is 0 Å². The van der Waals surface area contributed by atoms with Crippen molar-refractivity contribution in [2.45, 2.75) is 6.61 Å². The van der Waals surface area contributed by atoms with E-state index in [1.807, 2.05) is 30.3 Å². The van der Waals surface area contributed by atoms with Crippen molar-refractivity contribution in [3.05, 3.63) is 77.4 Å². The van der Waals surface area contributed by atoms with Crippen molar-refractivity contribution < 1.29 is 4.84 Å². The summed E-state index contributed by atoms with van der Waals surface area (Å²) in [7, 11) is 0. The molecule has 0 aliphatic rings. The Labute approximate surface area is 118 Å². The van der Waals surface area contributed by atoms with E-state index in [1.54, 1.807) is 24.3 Å². The molecule has 0 saturated heterocycles. The van der Waals surface area contributed by atoms with Gasteiger partial charge in [0, 0.05) is 5.56 Å². The molecular formula is C17H13N2O. The van der Waals surface area contributed by atoms with E-state index in [0.717, 1.165) is 11.1 Å². The summed E-state index contributed by atoms with van der Waals surface area (Å²) in [4.78, 5) is 5.22. The third-order valence-electron chi connectivity index (χ3n) is 2.73. The second-order valence-electron chi connectivity index (χ2n) is 4.07. The Balaban J connectivity index is 1.97. The van der Waals surface area contributed by atoms with Gasteiger partial charge in [-0.1, -0.05) is 54.2 Å². The third-order valence-corrected chi connectivity index (χ3v) is 2.73. The first-order chi connectivity index (χ1) is 9.83. The standard InChI is InChI=1S/C17H13N2O/c1-2-16-8-3-4-9-17(16)13-20-19-12-15-7-5-6-14(10-15)11-18/h2-10H,1,13H2. The van der Waals surface area contributed by atoms with Crippen LogP contribution in [-0.4, -0.2) is 6.21 Å². The molecule has 2 rings (SSSR count). The Bertz CT molecular complexity index is 669. The summed E-state index contributed by atoms with van der Waals surface area (Å²) in [5.41, 5.74) is 3.32. The molecular weight excluding hydrogens is 248 g/mol. The van der Waals surface area contributed by atoms with Crippen LogP contribution in [0.1, 0.15) is 22.3 Å².